The van der Waals surface area contributed by atoms with E-state index in [1.54, 1.807) is 7.16 Å². The monoisotopic (exact) mass is 746 g/mol. The Hall–Kier alpha value is -3.88. The van der Waals surface area contributed by atoms with E-state index in [1.807, 2.05) is 0 Å². The molecule has 0 saturated carbocycles. The normalized spacial score (nSPS) is 11.3. The molecule has 0 unspecified atom stereocenters. The summed E-state index contributed by atoms with van der Waals surface area (Å²) in [6.45, 7) is 27.3. The molecule has 0 bridgehead atoms. The minimum absolute atomic E-state index is 1.32. The van der Waals surface area contributed by atoms with Gasteiger partial charge in [0.05, 0.1) is 0 Å². The van der Waals surface area contributed by atoms with Crippen LogP contribution in [0.25, 0.3) is 44.5 Å². The third-order valence-corrected chi connectivity index (χ3v) is 14.7. The second-order valence-corrected chi connectivity index (χ2v) is 18.2. The van der Waals surface area contributed by atoms with Gasteiger partial charge < -0.3 is 0 Å². The van der Waals surface area contributed by atoms with Crippen LogP contribution in [0.15, 0.2) is 84.9 Å². The van der Waals surface area contributed by atoms with Crippen LogP contribution in [0.1, 0.15) is 66.8 Å². The van der Waals surface area contributed by atoms with Crippen LogP contribution in [0.5, 0.6) is 0 Å². The van der Waals surface area contributed by atoms with E-state index in [2.05, 4.69) is 168 Å². The average molecular weight is 746 g/mol. The van der Waals surface area contributed by atoms with Crippen LogP contribution in [0.4, 0.5) is 0 Å². The van der Waals surface area contributed by atoms with Crippen LogP contribution in [0, 0.1) is 83.1 Å². The summed E-state index contributed by atoms with van der Waals surface area (Å²) in [4.78, 5) is 0. The standard InChI is InChI=1S/2C24H25.Sn/c2*1-15-10-17(3)23(18(4)11-15)21-8-7-9-22(14-21)24-19(5)12-16(2)13-20(24)6;/h2*7-13H,1-6H3;. The van der Waals surface area contributed by atoms with Gasteiger partial charge in [-0.1, -0.05) is 0 Å². The Bertz CT molecular complexity index is 1860. The van der Waals surface area contributed by atoms with Gasteiger partial charge in [0.2, 0.25) is 0 Å². The Morgan fingerprint density at radius 2 is 0.469 bits per heavy atom. The van der Waals surface area contributed by atoms with Crippen molar-refractivity contribution < 1.29 is 0 Å². The Balaban J connectivity index is 1.76. The summed E-state index contributed by atoms with van der Waals surface area (Å²) >= 11 is -1.52. The fourth-order valence-electron chi connectivity index (χ4n) is 8.75. The van der Waals surface area contributed by atoms with Gasteiger partial charge in [-0.25, -0.2) is 0 Å². The molecule has 6 aromatic carbocycles. The zero-order valence-electron chi connectivity index (χ0n) is 31.6. The van der Waals surface area contributed by atoms with Gasteiger partial charge in [0.15, 0.2) is 0 Å². The summed E-state index contributed by atoms with van der Waals surface area (Å²) < 4.78 is 3.13. The molecule has 0 aliphatic rings. The topological polar surface area (TPSA) is 0 Å². The first-order valence-corrected chi connectivity index (χ1v) is 20.5. The molecule has 6 aromatic rings. The third kappa shape index (κ3) is 6.70. The number of aryl methyl sites for hydroxylation is 12. The molecule has 0 spiro atoms. The summed E-state index contributed by atoms with van der Waals surface area (Å²) in [7, 11) is 0. The van der Waals surface area contributed by atoms with Gasteiger partial charge in [-0.15, -0.1) is 0 Å². The first-order chi connectivity index (χ1) is 23.2. The Labute approximate surface area is 305 Å². The van der Waals surface area contributed by atoms with Crippen molar-refractivity contribution in [3.05, 3.63) is 152 Å². The fourth-order valence-corrected chi connectivity index (χ4v) is 13.4. The fraction of sp³-hybridized carbons (Fsp3) is 0.250. The van der Waals surface area contributed by atoms with Crippen molar-refractivity contribution in [2.75, 3.05) is 0 Å². The second-order valence-electron chi connectivity index (χ2n) is 14.7. The van der Waals surface area contributed by atoms with Crippen LogP contribution < -0.4 is 7.16 Å². The Kier molecular flexibility index (Phi) is 9.84. The zero-order valence-corrected chi connectivity index (χ0v) is 34.4. The van der Waals surface area contributed by atoms with E-state index in [-0.39, 0.29) is 0 Å². The molecule has 0 N–H and O–H groups in total. The zero-order chi connectivity index (χ0) is 35.3. The molecular weight excluding hydrogens is 695 g/mol. The molecule has 1 heteroatoms. The molecule has 0 aliphatic carbocycles. The molecule has 0 atom stereocenters. The molecule has 49 heavy (non-hydrogen) atoms. The molecule has 0 nitrogen and oxygen atoms in total. The molecule has 246 valence electrons. The maximum absolute atomic E-state index is 2.41. The van der Waals surface area contributed by atoms with E-state index in [0.29, 0.717) is 0 Å². The molecule has 0 aliphatic heterocycles. The van der Waals surface area contributed by atoms with Crippen molar-refractivity contribution in [3.8, 4) is 44.5 Å². The van der Waals surface area contributed by atoms with Crippen molar-refractivity contribution in [3.63, 3.8) is 0 Å². The number of hydrogen-bond donors (Lipinski definition) is 0. The molecule has 6 rings (SSSR count). The van der Waals surface area contributed by atoms with Crippen LogP contribution in [-0.4, -0.2) is 21.1 Å². The average Bonchev–Trinajstić information content (AvgIpc) is 2.97. The van der Waals surface area contributed by atoms with E-state index in [4.69, 9.17) is 0 Å². The van der Waals surface area contributed by atoms with Crippen LogP contribution >= 0.6 is 0 Å². The number of hydrogen-bond acceptors (Lipinski definition) is 0. The maximum atomic E-state index is 2.41. The van der Waals surface area contributed by atoms with Gasteiger partial charge in [0.1, 0.15) is 0 Å². The van der Waals surface area contributed by atoms with Gasteiger partial charge in [0, 0.05) is 0 Å². The summed E-state index contributed by atoms with van der Waals surface area (Å²) in [6.07, 6.45) is 0. The molecule has 0 aromatic heterocycles. The van der Waals surface area contributed by atoms with Crippen LogP contribution in [-0.2, 0) is 0 Å². The molecular formula is C48H50Sn. The molecule has 2 radical (unpaired) electrons. The van der Waals surface area contributed by atoms with E-state index in [0.717, 1.165) is 0 Å². The molecule has 0 saturated heterocycles. The molecule has 0 fully saturated rings. The third-order valence-electron chi connectivity index (χ3n) is 10.2. The minimum atomic E-state index is -1.52. The summed E-state index contributed by atoms with van der Waals surface area (Å²) in [5, 5.41) is 0. The van der Waals surface area contributed by atoms with Crippen LogP contribution in [0.3, 0.4) is 0 Å². The number of rotatable bonds is 6. The van der Waals surface area contributed by atoms with Crippen molar-refractivity contribution in [1.29, 1.82) is 0 Å². The van der Waals surface area contributed by atoms with E-state index in [1.165, 1.54) is 111 Å². The predicted octanol–water partition coefficient (Wildman–Crippen LogP) is 11.7. The quantitative estimate of drug-likeness (QED) is 0.149. The first-order valence-electron chi connectivity index (χ1n) is 17.6. The summed E-state index contributed by atoms with van der Waals surface area (Å²) in [6, 6.07) is 33.2. The van der Waals surface area contributed by atoms with E-state index in [9.17, 15) is 0 Å². The Morgan fingerprint density at radius 1 is 0.286 bits per heavy atom. The van der Waals surface area contributed by atoms with Crippen molar-refractivity contribution >= 4 is 28.3 Å². The first kappa shape index (κ1) is 35.0. The van der Waals surface area contributed by atoms with Gasteiger partial charge >= 0.3 is 308 Å². The SMILES string of the molecule is Cc1cc(C)c(-c2cccc(-c3c(C)cc(C)cc3C)[c]2[Sn][c]2c(-c3c(C)cc(C)cc3C)cccc2-c2c(C)cc(C)cc2C)c(C)c1. The van der Waals surface area contributed by atoms with Crippen LogP contribution in [0.2, 0.25) is 0 Å². The number of benzene rings is 6. The van der Waals surface area contributed by atoms with Crippen molar-refractivity contribution in [2.45, 2.75) is 83.1 Å². The van der Waals surface area contributed by atoms with Gasteiger partial charge in [0.25, 0.3) is 0 Å². The summed E-state index contributed by atoms with van der Waals surface area (Å²) in [5.41, 5.74) is 27.4. The van der Waals surface area contributed by atoms with Crippen molar-refractivity contribution in [1.82, 2.24) is 0 Å². The van der Waals surface area contributed by atoms with Crippen molar-refractivity contribution in [2.24, 2.45) is 0 Å². The van der Waals surface area contributed by atoms with Gasteiger partial charge in [-0.05, 0) is 0 Å². The summed E-state index contributed by atoms with van der Waals surface area (Å²) in [5.74, 6) is 0. The van der Waals surface area contributed by atoms with E-state index < -0.39 is 21.1 Å². The van der Waals surface area contributed by atoms with E-state index >= 15 is 0 Å². The second kappa shape index (κ2) is 13.8. The van der Waals surface area contributed by atoms with Gasteiger partial charge in [-0.3, -0.25) is 0 Å². The Morgan fingerprint density at radius 3 is 0.653 bits per heavy atom. The molecule has 0 amide bonds. The molecule has 0 heterocycles. The predicted molar refractivity (Wildman–Crippen MR) is 216 cm³/mol. The van der Waals surface area contributed by atoms with Gasteiger partial charge in [-0.2, -0.15) is 0 Å².